The molecule has 0 saturated carbocycles. The van der Waals surface area contributed by atoms with E-state index in [-0.39, 0.29) is 0 Å². The zero-order valence-electron chi connectivity index (χ0n) is 22.2. The number of hydrogen-bond acceptors (Lipinski definition) is 4. The van der Waals surface area contributed by atoms with Crippen molar-refractivity contribution in [2.75, 3.05) is 32.7 Å². The summed E-state index contributed by atoms with van der Waals surface area (Å²) in [7, 11) is 0. The fourth-order valence-electron chi connectivity index (χ4n) is 5.69. The molecule has 0 spiro atoms. The maximum absolute atomic E-state index is 6.46. The first-order valence-corrected chi connectivity index (χ1v) is 16.1. The van der Waals surface area contributed by atoms with Crippen LogP contribution in [0.5, 0.6) is 0 Å². The number of halogens is 1. The van der Waals surface area contributed by atoms with Crippen LogP contribution in [0, 0.1) is 0 Å². The van der Waals surface area contributed by atoms with Gasteiger partial charge >= 0.3 is 0 Å². The highest BCUT2D eigenvalue weighted by Gasteiger charge is 2.27. The van der Waals surface area contributed by atoms with Crippen molar-refractivity contribution >= 4 is 35.1 Å². The molecule has 0 radical (unpaired) electrons. The summed E-state index contributed by atoms with van der Waals surface area (Å²) >= 11 is 10.5. The normalized spacial score (nSPS) is 18.6. The van der Waals surface area contributed by atoms with Crippen LogP contribution >= 0.6 is 35.1 Å². The van der Waals surface area contributed by atoms with Gasteiger partial charge in [0.25, 0.3) is 0 Å². The fraction of sp³-hybridized carbons (Fsp3) is 0.294. The third kappa shape index (κ3) is 6.93. The van der Waals surface area contributed by atoms with Crippen molar-refractivity contribution in [3.8, 4) is 0 Å². The Kier molecular flexibility index (Phi) is 8.97. The largest absolute Gasteiger partial charge is 0.301 e. The molecule has 39 heavy (non-hydrogen) atoms. The molecule has 1 saturated heterocycles. The van der Waals surface area contributed by atoms with E-state index in [4.69, 9.17) is 11.6 Å². The maximum atomic E-state index is 6.46. The van der Waals surface area contributed by atoms with Gasteiger partial charge in [0.05, 0.1) is 0 Å². The Morgan fingerprint density at radius 1 is 0.769 bits per heavy atom. The smallest absolute Gasteiger partial charge is 0.0409 e. The molecule has 5 heteroatoms. The van der Waals surface area contributed by atoms with Crippen LogP contribution in [-0.4, -0.2) is 42.5 Å². The highest BCUT2D eigenvalue weighted by atomic mass is 35.5. The lowest BCUT2D eigenvalue weighted by atomic mass is 10.0. The zero-order valence-corrected chi connectivity index (χ0v) is 24.6. The predicted molar refractivity (Wildman–Crippen MR) is 168 cm³/mol. The third-order valence-corrected chi connectivity index (χ3v) is 10.9. The van der Waals surface area contributed by atoms with E-state index in [0.717, 1.165) is 57.1 Å². The summed E-state index contributed by atoms with van der Waals surface area (Å²) in [5.41, 5.74) is 5.67. The Morgan fingerprint density at radius 2 is 1.46 bits per heavy atom. The first kappa shape index (κ1) is 27.0. The zero-order chi connectivity index (χ0) is 26.4. The Labute approximate surface area is 246 Å². The summed E-state index contributed by atoms with van der Waals surface area (Å²) in [6.07, 6.45) is 2.16. The van der Waals surface area contributed by atoms with Crippen LogP contribution in [0.1, 0.15) is 39.2 Å². The molecule has 2 aliphatic rings. The molecule has 1 fully saturated rings. The van der Waals surface area contributed by atoms with Crippen molar-refractivity contribution in [1.29, 1.82) is 0 Å². The van der Waals surface area contributed by atoms with Crippen molar-refractivity contribution in [3.05, 3.63) is 130 Å². The molecule has 2 heterocycles. The van der Waals surface area contributed by atoms with Gasteiger partial charge in [0.15, 0.2) is 0 Å². The van der Waals surface area contributed by atoms with Gasteiger partial charge in [-0.25, -0.2) is 0 Å². The van der Waals surface area contributed by atoms with E-state index in [9.17, 15) is 0 Å². The summed E-state index contributed by atoms with van der Waals surface area (Å²) < 4.78 is 0. The molecule has 2 nitrogen and oxygen atoms in total. The van der Waals surface area contributed by atoms with Crippen molar-refractivity contribution in [3.63, 3.8) is 0 Å². The molecule has 0 aromatic heterocycles. The van der Waals surface area contributed by atoms with Crippen molar-refractivity contribution in [2.24, 2.45) is 0 Å². The lowest BCUT2D eigenvalue weighted by molar-refractivity contribution is 0.126. The molecule has 0 amide bonds. The molecule has 4 aromatic carbocycles. The van der Waals surface area contributed by atoms with Gasteiger partial charge in [-0.2, -0.15) is 0 Å². The van der Waals surface area contributed by atoms with Crippen LogP contribution in [0.3, 0.4) is 0 Å². The van der Waals surface area contributed by atoms with Gasteiger partial charge in [-0.15, -0.1) is 11.8 Å². The molecule has 0 bridgehead atoms. The van der Waals surface area contributed by atoms with E-state index >= 15 is 0 Å². The van der Waals surface area contributed by atoms with E-state index in [0.29, 0.717) is 10.5 Å². The number of benzene rings is 4. The second kappa shape index (κ2) is 13.0. The number of fused-ring (bicyclic) bond motifs is 2. The van der Waals surface area contributed by atoms with Crippen LogP contribution in [0.4, 0.5) is 0 Å². The van der Waals surface area contributed by atoms with E-state index in [1.165, 1.54) is 32.0 Å². The summed E-state index contributed by atoms with van der Waals surface area (Å²) in [5.74, 6) is 0. The molecule has 200 valence electrons. The average Bonchev–Trinajstić information content (AvgIpc) is 3.13. The number of rotatable bonds is 8. The molecule has 2 atom stereocenters. The minimum Gasteiger partial charge on any atom is -0.301 e. The standard InChI is InChI=1S/C34H35ClN2S2/c35-29-15-16-31-28(23-29)24-34(30-13-7-8-14-33(30)38-31)39-32(27-11-5-2-6-12-27)17-18-36-19-21-37(22-20-36)25-26-9-3-1-4-10-26/h1-16,23,32,34H,17-22,24-25H2/t32-,34-/m0/s1. The molecular weight excluding hydrogens is 536 g/mol. The van der Waals surface area contributed by atoms with E-state index < -0.39 is 0 Å². The van der Waals surface area contributed by atoms with Gasteiger partial charge in [-0.3, -0.25) is 4.90 Å². The molecule has 0 unspecified atom stereocenters. The molecule has 2 aliphatic heterocycles. The fourth-order valence-corrected chi connectivity index (χ4v) is 8.66. The van der Waals surface area contributed by atoms with Crippen molar-refractivity contribution in [2.45, 2.75) is 39.7 Å². The SMILES string of the molecule is Clc1ccc2c(c1)C[C@H](S[C@@H](CCN1CCN(Cc3ccccc3)CC1)c1ccccc1)c1ccccc1S2. The first-order chi connectivity index (χ1) is 19.2. The highest BCUT2D eigenvalue weighted by molar-refractivity contribution is 8.00. The van der Waals surface area contributed by atoms with Crippen LogP contribution in [0.25, 0.3) is 0 Å². The quantitative estimate of drug-likeness (QED) is 0.209. The van der Waals surface area contributed by atoms with Crippen LogP contribution < -0.4 is 0 Å². The lowest BCUT2D eigenvalue weighted by Gasteiger charge is -2.35. The van der Waals surface area contributed by atoms with Crippen LogP contribution in [0.15, 0.2) is 113 Å². The van der Waals surface area contributed by atoms with Gasteiger partial charge in [0.2, 0.25) is 0 Å². The Morgan fingerprint density at radius 3 is 2.26 bits per heavy atom. The minimum atomic E-state index is 0.390. The van der Waals surface area contributed by atoms with Crippen LogP contribution in [0.2, 0.25) is 5.02 Å². The number of thioether (sulfide) groups is 1. The average molecular weight is 571 g/mol. The second-order valence-corrected chi connectivity index (χ2v) is 13.4. The maximum Gasteiger partial charge on any atom is 0.0409 e. The van der Waals surface area contributed by atoms with Gasteiger partial charge in [-0.1, -0.05) is 102 Å². The van der Waals surface area contributed by atoms with E-state index in [2.05, 4.69) is 119 Å². The van der Waals surface area contributed by atoms with E-state index in [1.807, 2.05) is 17.8 Å². The van der Waals surface area contributed by atoms with Gasteiger partial charge in [0.1, 0.15) is 0 Å². The predicted octanol–water partition coefficient (Wildman–Crippen LogP) is 8.77. The second-order valence-electron chi connectivity index (χ2n) is 10.5. The highest BCUT2D eigenvalue weighted by Crippen LogP contribution is 2.50. The van der Waals surface area contributed by atoms with Crippen molar-refractivity contribution in [1.82, 2.24) is 9.80 Å². The number of hydrogen-bond donors (Lipinski definition) is 0. The van der Waals surface area contributed by atoms with Crippen LogP contribution in [-0.2, 0) is 13.0 Å². The molecule has 4 aromatic rings. The topological polar surface area (TPSA) is 6.48 Å². The summed E-state index contributed by atoms with van der Waals surface area (Å²) in [4.78, 5) is 7.97. The molecular formula is C34H35ClN2S2. The van der Waals surface area contributed by atoms with Crippen molar-refractivity contribution < 1.29 is 0 Å². The molecule has 0 N–H and O–H groups in total. The lowest BCUT2D eigenvalue weighted by Crippen LogP contribution is -2.46. The first-order valence-electron chi connectivity index (χ1n) is 14.0. The monoisotopic (exact) mass is 570 g/mol. The number of nitrogens with zero attached hydrogens (tertiary/aromatic N) is 2. The summed E-state index contributed by atoms with van der Waals surface area (Å²) in [5, 5.41) is 1.66. The number of piperazine rings is 1. The Bertz CT molecular complexity index is 1360. The Hall–Kier alpha value is -2.21. The Balaban J connectivity index is 1.16. The van der Waals surface area contributed by atoms with Gasteiger partial charge < -0.3 is 4.90 Å². The molecule has 0 aliphatic carbocycles. The van der Waals surface area contributed by atoms with Gasteiger partial charge in [0, 0.05) is 58.0 Å². The van der Waals surface area contributed by atoms with E-state index in [1.54, 1.807) is 0 Å². The van der Waals surface area contributed by atoms with Gasteiger partial charge in [-0.05, 0) is 65.9 Å². The molecule has 6 rings (SSSR count). The minimum absolute atomic E-state index is 0.390. The summed E-state index contributed by atoms with van der Waals surface area (Å²) in [6, 6.07) is 37.4. The summed E-state index contributed by atoms with van der Waals surface area (Å²) in [6.45, 7) is 6.77. The third-order valence-electron chi connectivity index (χ3n) is 7.83.